The van der Waals surface area contributed by atoms with Gasteiger partial charge in [0.2, 0.25) is 0 Å². The number of hydrogen-bond donors (Lipinski definition) is 2. The number of phenolic OH excluding ortho intramolecular Hbond substituents is 1. The molecule has 0 aliphatic heterocycles. The van der Waals surface area contributed by atoms with Gasteiger partial charge in [0.1, 0.15) is 11.5 Å². The number of aliphatic hydroxyl groups excluding tert-OH is 1. The molecule has 172 valence electrons. The highest BCUT2D eigenvalue weighted by Gasteiger charge is 2.29. The lowest BCUT2D eigenvalue weighted by Crippen LogP contribution is -2.30. The number of aromatic hydroxyl groups is 1. The molecule has 3 rings (SSSR count). The van der Waals surface area contributed by atoms with Gasteiger partial charge in [-0.3, -0.25) is 4.79 Å². The first-order valence-electron chi connectivity index (χ1n) is 11.8. The predicted octanol–water partition coefficient (Wildman–Crippen LogP) is 6.62. The van der Waals surface area contributed by atoms with Crippen LogP contribution in [-0.2, 0) is 4.79 Å². The van der Waals surface area contributed by atoms with Gasteiger partial charge >= 0.3 is 0 Å². The molecule has 3 heteroatoms. The fourth-order valence-electron chi connectivity index (χ4n) is 4.69. The number of aliphatic hydroxyl groups is 1. The van der Waals surface area contributed by atoms with Crippen LogP contribution in [0.4, 0.5) is 0 Å². The zero-order chi connectivity index (χ0) is 23.2. The van der Waals surface area contributed by atoms with Crippen molar-refractivity contribution in [2.75, 3.05) is 0 Å². The topological polar surface area (TPSA) is 57.5 Å². The Labute approximate surface area is 185 Å². The van der Waals surface area contributed by atoms with Crippen LogP contribution in [0.15, 0.2) is 12.1 Å². The summed E-state index contributed by atoms with van der Waals surface area (Å²) in [5, 5.41) is 18.5. The van der Waals surface area contributed by atoms with Gasteiger partial charge in [0.15, 0.2) is 0 Å². The molecule has 0 aromatic heterocycles. The van der Waals surface area contributed by atoms with Gasteiger partial charge in [-0.2, -0.15) is 0 Å². The van der Waals surface area contributed by atoms with E-state index in [0.717, 1.165) is 48.6 Å². The van der Waals surface area contributed by atoms with E-state index in [1.54, 1.807) is 12.1 Å². The smallest absolute Gasteiger partial charge is 0.133 e. The standard InChI is InChI=1S/C9H18O.C9H16O.C9H12O/c3*1-6-4-9(10)5-7(2)8(6)3/h6-10H,4-5H2,1-3H3;6-8H,4-5H2,1-3H3;4-5,10H,1-3H3. The minimum Gasteiger partial charge on any atom is -0.508 e. The van der Waals surface area contributed by atoms with E-state index in [0.29, 0.717) is 35.2 Å². The minimum atomic E-state index is -0.0267. The molecule has 0 bridgehead atoms. The third kappa shape index (κ3) is 8.06. The molecule has 2 N–H and O–H groups in total. The van der Waals surface area contributed by atoms with E-state index in [4.69, 9.17) is 5.11 Å². The number of aryl methyl sites for hydroxylation is 2. The van der Waals surface area contributed by atoms with Gasteiger partial charge in [-0.25, -0.2) is 0 Å². The molecule has 0 heterocycles. The predicted molar refractivity (Wildman–Crippen MR) is 127 cm³/mol. The molecule has 0 amide bonds. The van der Waals surface area contributed by atoms with E-state index in [2.05, 4.69) is 48.5 Å². The number of Topliss-reactive ketones (excluding diaryl/α,β-unsaturated/α-hetero) is 1. The van der Waals surface area contributed by atoms with Crippen molar-refractivity contribution in [1.82, 2.24) is 0 Å². The van der Waals surface area contributed by atoms with Crippen LogP contribution in [0.1, 0.15) is 83.9 Å². The SMILES string of the molecule is CC1CC(=O)CC(C)C1C.CC1CC(O)CC(C)C1C.Cc1cc(O)cc(C)c1C. The Morgan fingerprint density at radius 2 is 1.10 bits per heavy atom. The summed E-state index contributed by atoms with van der Waals surface area (Å²) >= 11 is 0. The van der Waals surface area contributed by atoms with Crippen LogP contribution in [0.25, 0.3) is 0 Å². The molecular weight excluding hydrogens is 372 g/mol. The number of carbonyl (C=O) groups excluding carboxylic acids is 1. The van der Waals surface area contributed by atoms with E-state index in [-0.39, 0.29) is 6.10 Å². The number of carbonyl (C=O) groups is 1. The summed E-state index contributed by atoms with van der Waals surface area (Å²) in [6.45, 7) is 19.4. The second kappa shape index (κ2) is 11.9. The van der Waals surface area contributed by atoms with Crippen LogP contribution in [-0.4, -0.2) is 22.1 Å². The van der Waals surface area contributed by atoms with Crippen LogP contribution in [0.3, 0.4) is 0 Å². The number of hydrogen-bond acceptors (Lipinski definition) is 3. The normalized spacial score (nSPS) is 33.7. The van der Waals surface area contributed by atoms with Crippen molar-refractivity contribution in [3.05, 3.63) is 28.8 Å². The van der Waals surface area contributed by atoms with Crippen LogP contribution in [0.5, 0.6) is 5.75 Å². The Morgan fingerprint density at radius 3 is 1.50 bits per heavy atom. The maximum absolute atomic E-state index is 11.0. The summed E-state index contributed by atoms with van der Waals surface area (Å²) in [5.41, 5.74) is 3.56. The quantitative estimate of drug-likeness (QED) is 0.497. The maximum atomic E-state index is 11.0. The number of benzene rings is 1. The fourth-order valence-corrected chi connectivity index (χ4v) is 4.69. The van der Waals surface area contributed by atoms with Crippen molar-refractivity contribution < 1.29 is 15.0 Å². The van der Waals surface area contributed by atoms with Crippen LogP contribution in [0, 0.1) is 56.3 Å². The van der Waals surface area contributed by atoms with E-state index < -0.39 is 0 Å². The minimum absolute atomic E-state index is 0.0267. The third-order valence-electron chi connectivity index (χ3n) is 7.89. The first-order valence-corrected chi connectivity index (χ1v) is 11.8. The number of rotatable bonds is 0. The summed E-state index contributed by atoms with van der Waals surface area (Å²) in [5.74, 6) is 4.98. The van der Waals surface area contributed by atoms with Gasteiger partial charge in [0.05, 0.1) is 6.10 Å². The van der Waals surface area contributed by atoms with Gasteiger partial charge < -0.3 is 10.2 Å². The monoisotopic (exact) mass is 418 g/mol. The summed E-state index contributed by atoms with van der Waals surface area (Å²) in [6.07, 6.45) is 3.61. The van der Waals surface area contributed by atoms with E-state index in [1.807, 2.05) is 13.8 Å². The highest BCUT2D eigenvalue weighted by molar-refractivity contribution is 5.79. The highest BCUT2D eigenvalue weighted by atomic mass is 16.3. The second-order valence-electron chi connectivity index (χ2n) is 10.4. The van der Waals surface area contributed by atoms with Crippen molar-refractivity contribution in [3.8, 4) is 5.75 Å². The fraction of sp³-hybridized carbons (Fsp3) is 0.741. The van der Waals surface area contributed by atoms with Gasteiger partial charge in [-0.15, -0.1) is 0 Å². The summed E-state index contributed by atoms with van der Waals surface area (Å²) in [6, 6.07) is 3.56. The second-order valence-corrected chi connectivity index (χ2v) is 10.4. The van der Waals surface area contributed by atoms with Gasteiger partial charge in [0, 0.05) is 12.8 Å². The van der Waals surface area contributed by atoms with Crippen LogP contribution >= 0.6 is 0 Å². The van der Waals surface area contributed by atoms with Gasteiger partial charge in [-0.1, -0.05) is 41.5 Å². The lowest BCUT2D eigenvalue weighted by molar-refractivity contribution is -0.123. The van der Waals surface area contributed by atoms with Gasteiger partial charge in [-0.05, 0) is 97.9 Å². The Bertz CT molecular complexity index is 632. The Kier molecular flexibility index (Phi) is 10.6. The molecule has 30 heavy (non-hydrogen) atoms. The Hall–Kier alpha value is -1.35. The molecular formula is C27H46O3. The molecule has 0 radical (unpaired) electrons. The van der Waals surface area contributed by atoms with Crippen LogP contribution < -0.4 is 0 Å². The lowest BCUT2D eigenvalue weighted by Gasteiger charge is -2.34. The molecule has 0 spiro atoms. The Balaban J connectivity index is 0.000000225. The summed E-state index contributed by atoms with van der Waals surface area (Å²) < 4.78 is 0. The molecule has 2 fully saturated rings. The summed E-state index contributed by atoms with van der Waals surface area (Å²) in [4.78, 5) is 11.0. The molecule has 2 saturated carbocycles. The lowest BCUT2D eigenvalue weighted by atomic mass is 9.73. The average molecular weight is 419 g/mol. The van der Waals surface area contributed by atoms with Crippen LogP contribution in [0.2, 0.25) is 0 Å². The maximum Gasteiger partial charge on any atom is 0.133 e. The number of phenols is 1. The van der Waals surface area contributed by atoms with E-state index in [1.165, 1.54) is 5.56 Å². The van der Waals surface area contributed by atoms with E-state index >= 15 is 0 Å². The van der Waals surface area contributed by atoms with Crippen molar-refractivity contribution in [1.29, 1.82) is 0 Å². The molecule has 4 unspecified atom stereocenters. The molecule has 1 aromatic carbocycles. The largest absolute Gasteiger partial charge is 0.508 e. The zero-order valence-electron chi connectivity index (χ0n) is 20.8. The average Bonchev–Trinajstić information content (AvgIpc) is 2.63. The number of ketones is 1. The molecule has 4 atom stereocenters. The zero-order valence-corrected chi connectivity index (χ0v) is 20.8. The summed E-state index contributed by atoms with van der Waals surface area (Å²) in [7, 11) is 0. The Morgan fingerprint density at radius 1 is 0.733 bits per heavy atom. The van der Waals surface area contributed by atoms with Crippen molar-refractivity contribution in [3.63, 3.8) is 0 Å². The molecule has 2 aliphatic rings. The van der Waals surface area contributed by atoms with E-state index in [9.17, 15) is 9.90 Å². The highest BCUT2D eigenvalue weighted by Crippen LogP contribution is 2.34. The van der Waals surface area contributed by atoms with Crippen molar-refractivity contribution in [2.24, 2.45) is 35.5 Å². The van der Waals surface area contributed by atoms with Gasteiger partial charge in [0.25, 0.3) is 0 Å². The third-order valence-corrected chi connectivity index (χ3v) is 7.89. The molecule has 3 nitrogen and oxygen atoms in total. The first kappa shape index (κ1) is 26.7. The van der Waals surface area contributed by atoms with Crippen molar-refractivity contribution in [2.45, 2.75) is 94.1 Å². The molecule has 2 aliphatic carbocycles. The molecule has 0 saturated heterocycles. The van der Waals surface area contributed by atoms with Crippen molar-refractivity contribution >= 4 is 5.78 Å². The molecule has 1 aromatic rings. The first-order chi connectivity index (χ1) is 13.8.